The van der Waals surface area contributed by atoms with Gasteiger partial charge in [-0.2, -0.15) is 5.10 Å². The number of nitrogens with zero attached hydrogens (tertiary/aromatic N) is 1. The summed E-state index contributed by atoms with van der Waals surface area (Å²) >= 11 is 0. The smallest absolute Gasteiger partial charge is 0.0905 e. The average Bonchev–Trinajstić information content (AvgIpc) is 2.30. The first-order chi connectivity index (χ1) is 7.40. The lowest BCUT2D eigenvalue weighted by molar-refractivity contribution is 1.25. The molecule has 1 aliphatic rings. The maximum Gasteiger partial charge on any atom is 0.0905 e. The second-order valence-electron chi connectivity index (χ2n) is 3.60. The summed E-state index contributed by atoms with van der Waals surface area (Å²) in [5.41, 5.74) is 3.20. The standard InChI is InChI=1S/C13H10N2/c14-15-12-8-7-10-4-1-3-9-5-2-6-11(12)13(9)10/h1-8H,14H2/b15-12-. The van der Waals surface area contributed by atoms with Crippen molar-refractivity contribution < 1.29 is 0 Å². The van der Waals surface area contributed by atoms with Crippen LogP contribution >= 0.6 is 0 Å². The summed E-state index contributed by atoms with van der Waals surface area (Å²) in [5, 5.41) is 6.28. The molecule has 72 valence electrons. The van der Waals surface area contributed by atoms with Gasteiger partial charge in [-0.3, -0.25) is 0 Å². The van der Waals surface area contributed by atoms with Gasteiger partial charge in [-0.05, 0) is 22.4 Å². The highest BCUT2D eigenvalue weighted by Gasteiger charge is 2.11. The molecule has 2 aromatic carbocycles. The highest BCUT2D eigenvalue weighted by molar-refractivity contribution is 6.22. The second-order valence-corrected chi connectivity index (χ2v) is 3.60. The lowest BCUT2D eigenvalue weighted by Crippen LogP contribution is -2.05. The van der Waals surface area contributed by atoms with E-state index in [1.54, 1.807) is 0 Å². The van der Waals surface area contributed by atoms with Crippen LogP contribution in [-0.4, -0.2) is 5.71 Å². The Bertz CT molecular complexity index is 589. The second kappa shape index (κ2) is 2.95. The molecule has 0 aromatic heterocycles. The molecular weight excluding hydrogens is 184 g/mol. The minimum Gasteiger partial charge on any atom is -0.323 e. The van der Waals surface area contributed by atoms with Crippen LogP contribution in [0.4, 0.5) is 0 Å². The van der Waals surface area contributed by atoms with E-state index in [-0.39, 0.29) is 0 Å². The van der Waals surface area contributed by atoms with Crippen molar-refractivity contribution in [1.82, 2.24) is 0 Å². The third-order valence-electron chi connectivity index (χ3n) is 2.77. The van der Waals surface area contributed by atoms with E-state index >= 15 is 0 Å². The topological polar surface area (TPSA) is 38.4 Å². The Morgan fingerprint density at radius 1 is 0.933 bits per heavy atom. The third kappa shape index (κ3) is 1.08. The van der Waals surface area contributed by atoms with E-state index in [4.69, 9.17) is 5.84 Å². The summed E-state index contributed by atoms with van der Waals surface area (Å²) in [4.78, 5) is 0. The van der Waals surface area contributed by atoms with Crippen LogP contribution in [0.5, 0.6) is 0 Å². The fourth-order valence-corrected chi connectivity index (χ4v) is 2.09. The largest absolute Gasteiger partial charge is 0.323 e. The minimum absolute atomic E-state index is 0.847. The van der Waals surface area contributed by atoms with E-state index < -0.39 is 0 Å². The summed E-state index contributed by atoms with van der Waals surface area (Å²) in [6.07, 6.45) is 4.01. The number of hydrazone groups is 1. The molecule has 2 heteroatoms. The fourth-order valence-electron chi connectivity index (χ4n) is 2.09. The first-order valence-corrected chi connectivity index (χ1v) is 4.88. The first-order valence-electron chi connectivity index (χ1n) is 4.88. The van der Waals surface area contributed by atoms with E-state index in [2.05, 4.69) is 41.5 Å². The maximum atomic E-state index is 5.37. The number of hydrogen-bond donors (Lipinski definition) is 1. The van der Waals surface area contributed by atoms with Crippen molar-refractivity contribution in [2.75, 3.05) is 0 Å². The molecule has 0 saturated heterocycles. The van der Waals surface area contributed by atoms with Crippen molar-refractivity contribution in [2.24, 2.45) is 10.9 Å². The number of hydrogen-bond acceptors (Lipinski definition) is 2. The molecule has 1 aliphatic carbocycles. The number of benzene rings is 2. The molecule has 0 heterocycles. The van der Waals surface area contributed by atoms with Crippen molar-refractivity contribution in [2.45, 2.75) is 0 Å². The van der Waals surface area contributed by atoms with Crippen molar-refractivity contribution in [3.63, 3.8) is 0 Å². The lowest BCUT2D eigenvalue weighted by Gasteiger charge is -2.13. The normalized spacial score (nSPS) is 16.1. The van der Waals surface area contributed by atoms with Gasteiger partial charge in [-0.15, -0.1) is 0 Å². The van der Waals surface area contributed by atoms with Crippen LogP contribution in [0.2, 0.25) is 0 Å². The molecule has 3 rings (SSSR count). The summed E-state index contributed by atoms with van der Waals surface area (Å²) < 4.78 is 0. The van der Waals surface area contributed by atoms with Crippen LogP contribution in [0.25, 0.3) is 16.8 Å². The summed E-state index contributed by atoms with van der Waals surface area (Å²) in [7, 11) is 0. The molecule has 0 aliphatic heterocycles. The SMILES string of the molecule is N/N=C1/C=Cc2cccc3cccc1c23. The van der Waals surface area contributed by atoms with Gasteiger partial charge in [0.05, 0.1) is 5.71 Å². The van der Waals surface area contributed by atoms with Crippen LogP contribution < -0.4 is 5.84 Å². The van der Waals surface area contributed by atoms with Crippen LogP contribution in [0.15, 0.2) is 47.6 Å². The lowest BCUT2D eigenvalue weighted by atomic mass is 9.92. The Morgan fingerprint density at radius 2 is 1.73 bits per heavy atom. The monoisotopic (exact) mass is 194 g/mol. The molecule has 2 aromatic rings. The quantitative estimate of drug-likeness (QED) is 0.508. The van der Waals surface area contributed by atoms with E-state index in [1.165, 1.54) is 16.3 Å². The van der Waals surface area contributed by atoms with Gasteiger partial charge in [0.25, 0.3) is 0 Å². The first kappa shape index (κ1) is 8.24. The van der Waals surface area contributed by atoms with Gasteiger partial charge in [0, 0.05) is 5.56 Å². The summed E-state index contributed by atoms with van der Waals surface area (Å²) in [6, 6.07) is 12.5. The van der Waals surface area contributed by atoms with Crippen molar-refractivity contribution >= 4 is 22.6 Å². The number of nitrogens with two attached hydrogens (primary N) is 1. The van der Waals surface area contributed by atoms with E-state index in [9.17, 15) is 0 Å². The zero-order chi connectivity index (χ0) is 10.3. The van der Waals surface area contributed by atoms with Crippen LogP contribution in [0.3, 0.4) is 0 Å². The predicted molar refractivity (Wildman–Crippen MR) is 63.7 cm³/mol. The molecule has 0 bridgehead atoms. The Kier molecular flexibility index (Phi) is 1.62. The molecule has 0 fully saturated rings. The average molecular weight is 194 g/mol. The molecular formula is C13H10N2. The highest BCUT2D eigenvalue weighted by Crippen LogP contribution is 2.28. The zero-order valence-electron chi connectivity index (χ0n) is 8.14. The molecule has 0 atom stereocenters. The predicted octanol–water partition coefficient (Wildman–Crippen LogP) is 2.53. The van der Waals surface area contributed by atoms with Crippen molar-refractivity contribution in [3.8, 4) is 0 Å². The molecule has 2 nitrogen and oxygen atoms in total. The van der Waals surface area contributed by atoms with Gasteiger partial charge in [0.15, 0.2) is 0 Å². The Morgan fingerprint density at radius 3 is 2.53 bits per heavy atom. The van der Waals surface area contributed by atoms with E-state index in [0.29, 0.717) is 0 Å². The van der Waals surface area contributed by atoms with Crippen molar-refractivity contribution in [1.29, 1.82) is 0 Å². The molecule has 2 N–H and O–H groups in total. The fraction of sp³-hybridized carbons (Fsp3) is 0. The van der Waals surface area contributed by atoms with E-state index in [0.717, 1.165) is 11.3 Å². The third-order valence-corrected chi connectivity index (χ3v) is 2.77. The van der Waals surface area contributed by atoms with Gasteiger partial charge in [0.1, 0.15) is 0 Å². The van der Waals surface area contributed by atoms with Crippen LogP contribution in [0.1, 0.15) is 11.1 Å². The Labute approximate surface area is 87.7 Å². The minimum atomic E-state index is 0.847. The summed E-state index contributed by atoms with van der Waals surface area (Å²) in [6.45, 7) is 0. The Balaban J connectivity index is 2.52. The molecule has 0 amide bonds. The molecule has 0 saturated carbocycles. The van der Waals surface area contributed by atoms with E-state index in [1.807, 2.05) is 12.1 Å². The van der Waals surface area contributed by atoms with Gasteiger partial charge in [0.2, 0.25) is 0 Å². The van der Waals surface area contributed by atoms with Gasteiger partial charge >= 0.3 is 0 Å². The molecule has 0 unspecified atom stereocenters. The molecule has 0 spiro atoms. The maximum absolute atomic E-state index is 5.37. The van der Waals surface area contributed by atoms with Crippen LogP contribution in [0, 0.1) is 0 Å². The molecule has 15 heavy (non-hydrogen) atoms. The number of rotatable bonds is 0. The van der Waals surface area contributed by atoms with Crippen molar-refractivity contribution in [3.05, 3.63) is 53.6 Å². The summed E-state index contributed by atoms with van der Waals surface area (Å²) in [5.74, 6) is 5.37. The van der Waals surface area contributed by atoms with Gasteiger partial charge in [-0.25, -0.2) is 0 Å². The Hall–Kier alpha value is -2.09. The molecule has 0 radical (unpaired) electrons. The highest BCUT2D eigenvalue weighted by atomic mass is 15.1. The number of allylic oxidation sites excluding steroid dienone is 1. The zero-order valence-corrected chi connectivity index (χ0v) is 8.14. The van der Waals surface area contributed by atoms with Gasteiger partial charge in [-0.1, -0.05) is 42.5 Å². The van der Waals surface area contributed by atoms with Crippen LogP contribution in [-0.2, 0) is 0 Å². The van der Waals surface area contributed by atoms with Gasteiger partial charge < -0.3 is 5.84 Å².